The number of carbonyl (C=O) groups is 1. The second-order valence-corrected chi connectivity index (χ2v) is 6.20. The number of urea groups is 1. The number of nitrogens with one attached hydrogen (secondary N) is 2. The van der Waals surface area contributed by atoms with Gasteiger partial charge >= 0.3 is 6.03 Å². The first-order valence-electron chi connectivity index (χ1n) is 8.77. The van der Waals surface area contributed by atoms with Gasteiger partial charge in [-0.3, -0.25) is 4.98 Å². The van der Waals surface area contributed by atoms with Crippen molar-refractivity contribution in [3.05, 3.63) is 90.3 Å². The molecule has 0 aliphatic carbocycles. The molecule has 0 fully saturated rings. The SMILES string of the molecule is O=C(NCc1ccnc(-c2ccco2)c1)NCc1cccc2ccccc12. The Morgan fingerprint density at radius 1 is 0.926 bits per heavy atom. The topological polar surface area (TPSA) is 67.2 Å². The number of hydrogen-bond acceptors (Lipinski definition) is 3. The summed E-state index contributed by atoms with van der Waals surface area (Å²) in [5.74, 6) is 0.706. The summed E-state index contributed by atoms with van der Waals surface area (Å²) in [7, 11) is 0. The van der Waals surface area contributed by atoms with Crippen molar-refractivity contribution < 1.29 is 9.21 Å². The molecule has 2 aromatic carbocycles. The van der Waals surface area contributed by atoms with E-state index in [1.165, 1.54) is 5.39 Å². The zero-order valence-electron chi connectivity index (χ0n) is 14.7. The number of carbonyl (C=O) groups excluding carboxylic acids is 1. The largest absolute Gasteiger partial charge is 0.463 e. The van der Waals surface area contributed by atoms with E-state index in [0.29, 0.717) is 18.8 Å². The van der Waals surface area contributed by atoms with Crippen LogP contribution in [0.4, 0.5) is 4.79 Å². The van der Waals surface area contributed by atoms with Gasteiger partial charge in [-0.2, -0.15) is 0 Å². The molecular weight excluding hydrogens is 338 g/mol. The van der Waals surface area contributed by atoms with E-state index in [9.17, 15) is 4.79 Å². The van der Waals surface area contributed by atoms with Crippen molar-refractivity contribution in [2.24, 2.45) is 0 Å². The van der Waals surface area contributed by atoms with Crippen molar-refractivity contribution in [1.82, 2.24) is 15.6 Å². The predicted molar refractivity (Wildman–Crippen MR) is 105 cm³/mol. The van der Waals surface area contributed by atoms with Crippen LogP contribution in [-0.4, -0.2) is 11.0 Å². The summed E-state index contributed by atoms with van der Waals surface area (Å²) in [6, 6.07) is 21.5. The summed E-state index contributed by atoms with van der Waals surface area (Å²) in [5.41, 5.74) is 2.79. The van der Waals surface area contributed by atoms with Crippen LogP contribution in [0.15, 0.2) is 83.6 Å². The summed E-state index contributed by atoms with van der Waals surface area (Å²) in [5, 5.41) is 8.12. The minimum absolute atomic E-state index is 0.209. The van der Waals surface area contributed by atoms with Crippen LogP contribution in [0, 0.1) is 0 Å². The standard InChI is InChI=1S/C22H19N3O2/c26-22(25-15-18-7-3-6-17-5-1-2-8-19(17)18)24-14-16-10-11-23-20(13-16)21-9-4-12-27-21/h1-13H,14-15H2,(H2,24,25,26). The van der Waals surface area contributed by atoms with Crippen LogP contribution in [0.5, 0.6) is 0 Å². The number of aromatic nitrogens is 1. The van der Waals surface area contributed by atoms with Crippen LogP contribution >= 0.6 is 0 Å². The summed E-state index contributed by atoms with van der Waals surface area (Å²) in [4.78, 5) is 16.5. The van der Waals surface area contributed by atoms with Crippen molar-refractivity contribution in [2.75, 3.05) is 0 Å². The van der Waals surface area contributed by atoms with Crippen molar-refractivity contribution in [2.45, 2.75) is 13.1 Å². The third-order valence-corrected chi connectivity index (χ3v) is 4.37. The zero-order valence-corrected chi connectivity index (χ0v) is 14.7. The zero-order chi connectivity index (χ0) is 18.5. The van der Waals surface area contributed by atoms with Crippen LogP contribution in [0.3, 0.4) is 0 Å². The number of benzene rings is 2. The summed E-state index contributed by atoms with van der Waals surface area (Å²) < 4.78 is 5.36. The first-order valence-corrected chi connectivity index (χ1v) is 8.77. The Morgan fingerprint density at radius 3 is 2.67 bits per heavy atom. The number of fused-ring (bicyclic) bond motifs is 1. The van der Waals surface area contributed by atoms with Gasteiger partial charge in [0.15, 0.2) is 5.76 Å². The van der Waals surface area contributed by atoms with Gasteiger partial charge in [0.1, 0.15) is 5.69 Å². The molecule has 2 amide bonds. The van der Waals surface area contributed by atoms with E-state index in [-0.39, 0.29) is 6.03 Å². The lowest BCUT2D eigenvalue weighted by Crippen LogP contribution is -2.34. The molecule has 2 heterocycles. The third kappa shape index (κ3) is 3.98. The number of pyridine rings is 1. The fraction of sp³-hybridized carbons (Fsp3) is 0.0909. The molecule has 5 heteroatoms. The van der Waals surface area contributed by atoms with E-state index in [1.54, 1.807) is 12.5 Å². The lowest BCUT2D eigenvalue weighted by atomic mass is 10.0. The van der Waals surface area contributed by atoms with Crippen LogP contribution < -0.4 is 10.6 Å². The summed E-state index contributed by atoms with van der Waals surface area (Å²) >= 11 is 0. The average molecular weight is 357 g/mol. The molecule has 4 aromatic rings. The molecule has 2 aromatic heterocycles. The highest BCUT2D eigenvalue weighted by molar-refractivity contribution is 5.86. The normalized spacial score (nSPS) is 10.7. The molecule has 0 unspecified atom stereocenters. The minimum atomic E-state index is -0.209. The van der Waals surface area contributed by atoms with Gasteiger partial charge in [0.2, 0.25) is 0 Å². The maximum Gasteiger partial charge on any atom is 0.315 e. The van der Waals surface area contributed by atoms with E-state index in [1.807, 2.05) is 48.5 Å². The fourth-order valence-corrected chi connectivity index (χ4v) is 3.01. The first kappa shape index (κ1) is 16.8. The molecule has 27 heavy (non-hydrogen) atoms. The maximum atomic E-state index is 12.2. The lowest BCUT2D eigenvalue weighted by molar-refractivity contribution is 0.240. The van der Waals surface area contributed by atoms with Crippen LogP contribution in [0.25, 0.3) is 22.2 Å². The van der Waals surface area contributed by atoms with E-state index < -0.39 is 0 Å². The number of amides is 2. The summed E-state index contributed by atoms with van der Waals surface area (Å²) in [6.07, 6.45) is 3.32. The van der Waals surface area contributed by atoms with Gasteiger partial charge in [-0.15, -0.1) is 0 Å². The van der Waals surface area contributed by atoms with Gasteiger partial charge in [-0.25, -0.2) is 4.79 Å². The molecular formula is C22H19N3O2. The molecule has 4 rings (SSSR count). The minimum Gasteiger partial charge on any atom is -0.463 e. The molecule has 0 atom stereocenters. The first-order chi connectivity index (χ1) is 13.3. The number of hydrogen-bond donors (Lipinski definition) is 2. The van der Waals surface area contributed by atoms with Crippen molar-refractivity contribution in [3.63, 3.8) is 0 Å². The van der Waals surface area contributed by atoms with E-state index in [2.05, 4.69) is 33.8 Å². The molecule has 0 radical (unpaired) electrons. The third-order valence-electron chi connectivity index (χ3n) is 4.37. The molecule has 0 aliphatic heterocycles. The van der Waals surface area contributed by atoms with Crippen LogP contribution in [-0.2, 0) is 13.1 Å². The molecule has 134 valence electrons. The van der Waals surface area contributed by atoms with E-state index >= 15 is 0 Å². The Hall–Kier alpha value is -3.60. The second-order valence-electron chi connectivity index (χ2n) is 6.20. The van der Waals surface area contributed by atoms with E-state index in [0.717, 1.165) is 22.2 Å². The van der Waals surface area contributed by atoms with Crippen molar-refractivity contribution >= 4 is 16.8 Å². The van der Waals surface area contributed by atoms with Crippen LogP contribution in [0.2, 0.25) is 0 Å². The summed E-state index contributed by atoms with van der Waals surface area (Å²) in [6.45, 7) is 0.888. The predicted octanol–water partition coefficient (Wildman–Crippen LogP) is 4.49. The monoisotopic (exact) mass is 357 g/mol. The Bertz CT molecular complexity index is 1050. The second kappa shape index (κ2) is 7.74. The van der Waals surface area contributed by atoms with Gasteiger partial charge in [0.25, 0.3) is 0 Å². The van der Waals surface area contributed by atoms with Gasteiger partial charge < -0.3 is 15.1 Å². The fourth-order valence-electron chi connectivity index (χ4n) is 3.01. The highest BCUT2D eigenvalue weighted by Gasteiger charge is 2.06. The molecule has 2 N–H and O–H groups in total. The highest BCUT2D eigenvalue weighted by Crippen LogP contribution is 2.19. The number of furan rings is 1. The molecule has 0 spiro atoms. The Labute approximate surface area is 157 Å². The van der Waals surface area contributed by atoms with Gasteiger partial charge in [-0.1, -0.05) is 42.5 Å². The van der Waals surface area contributed by atoms with Gasteiger partial charge in [0.05, 0.1) is 6.26 Å². The smallest absolute Gasteiger partial charge is 0.315 e. The molecule has 0 aliphatic rings. The Kier molecular flexibility index (Phi) is 4.83. The molecule has 0 saturated heterocycles. The van der Waals surface area contributed by atoms with Crippen LogP contribution in [0.1, 0.15) is 11.1 Å². The average Bonchev–Trinajstić information content (AvgIpc) is 3.26. The number of rotatable bonds is 5. The van der Waals surface area contributed by atoms with Crippen molar-refractivity contribution in [1.29, 1.82) is 0 Å². The molecule has 0 bridgehead atoms. The highest BCUT2D eigenvalue weighted by atomic mass is 16.3. The number of nitrogens with zero attached hydrogens (tertiary/aromatic N) is 1. The maximum absolute atomic E-state index is 12.2. The van der Waals surface area contributed by atoms with Crippen molar-refractivity contribution in [3.8, 4) is 11.5 Å². The Balaban J connectivity index is 1.35. The van der Waals surface area contributed by atoms with Gasteiger partial charge in [0, 0.05) is 19.3 Å². The quantitative estimate of drug-likeness (QED) is 0.553. The van der Waals surface area contributed by atoms with E-state index in [4.69, 9.17) is 4.42 Å². The Morgan fingerprint density at radius 2 is 1.78 bits per heavy atom. The lowest BCUT2D eigenvalue weighted by Gasteiger charge is -2.10. The van der Waals surface area contributed by atoms with Gasteiger partial charge in [-0.05, 0) is 46.2 Å². The molecule has 0 saturated carbocycles. The molecule has 5 nitrogen and oxygen atoms in total.